The molecule has 23 heavy (non-hydrogen) atoms. The number of carbonyl (C=O) groups excluding carboxylic acids is 1. The van der Waals surface area contributed by atoms with Gasteiger partial charge in [0.25, 0.3) is 0 Å². The Morgan fingerprint density at radius 2 is 2.48 bits per heavy atom. The Bertz CT molecular complexity index is 642. The van der Waals surface area contributed by atoms with E-state index >= 15 is 0 Å². The van der Waals surface area contributed by atoms with Crippen molar-refractivity contribution in [3.05, 3.63) is 29.5 Å². The third-order valence-corrected chi connectivity index (χ3v) is 4.60. The fraction of sp³-hybridized carbons (Fsp3) is 0.533. The number of thiazole rings is 1. The molecule has 0 spiro atoms. The highest BCUT2D eigenvalue weighted by atomic mass is 32.1. The first-order valence-corrected chi connectivity index (χ1v) is 8.55. The highest BCUT2D eigenvalue weighted by molar-refractivity contribution is 7.13. The number of hydrogen-bond donors (Lipinski definition) is 1. The predicted molar refractivity (Wildman–Crippen MR) is 88.5 cm³/mol. The van der Waals surface area contributed by atoms with Crippen LogP contribution in [-0.2, 0) is 16.1 Å². The molecule has 0 saturated carbocycles. The Kier molecular flexibility index (Phi) is 5.04. The van der Waals surface area contributed by atoms with Gasteiger partial charge < -0.3 is 10.1 Å². The number of aromatic nitrogens is 3. The van der Waals surface area contributed by atoms with Gasteiger partial charge >= 0.3 is 0 Å². The fourth-order valence-corrected chi connectivity index (χ4v) is 3.17. The molecule has 0 aliphatic carbocycles. The minimum Gasteiger partial charge on any atom is -0.374 e. The zero-order valence-corrected chi connectivity index (χ0v) is 14.1. The molecular formula is C15H21N5O2S. The van der Waals surface area contributed by atoms with E-state index in [1.807, 2.05) is 36.3 Å². The van der Waals surface area contributed by atoms with E-state index in [1.54, 1.807) is 6.20 Å². The summed E-state index contributed by atoms with van der Waals surface area (Å²) in [5, 5.41) is 9.63. The van der Waals surface area contributed by atoms with E-state index in [1.165, 1.54) is 11.3 Å². The first-order chi connectivity index (χ1) is 11.1. The van der Waals surface area contributed by atoms with Gasteiger partial charge in [-0.1, -0.05) is 0 Å². The van der Waals surface area contributed by atoms with Crippen molar-refractivity contribution < 1.29 is 9.53 Å². The van der Waals surface area contributed by atoms with E-state index in [0.717, 1.165) is 12.1 Å². The fourth-order valence-electron chi connectivity index (χ4n) is 2.64. The molecule has 2 aromatic rings. The standard InChI is InChI=1S/C15H21N5O2S/c1-11-7-17-20(8-11)10-13-9-19(4-5-22-13)12(2)14(21)18-15-16-3-6-23-15/h3,6-8,12-13H,4-5,9-10H2,1-2H3,(H,16,18,21)/t12-,13+/m1/s1. The highest BCUT2D eigenvalue weighted by Gasteiger charge is 2.28. The first-order valence-electron chi connectivity index (χ1n) is 7.67. The Morgan fingerprint density at radius 1 is 1.61 bits per heavy atom. The van der Waals surface area contributed by atoms with Crippen LogP contribution in [-0.4, -0.2) is 57.4 Å². The van der Waals surface area contributed by atoms with Crippen molar-refractivity contribution in [1.29, 1.82) is 0 Å². The molecule has 1 fully saturated rings. The molecule has 1 N–H and O–H groups in total. The number of carbonyl (C=O) groups is 1. The van der Waals surface area contributed by atoms with Crippen LogP contribution in [0.2, 0.25) is 0 Å². The van der Waals surface area contributed by atoms with Crippen LogP contribution in [0.1, 0.15) is 12.5 Å². The summed E-state index contributed by atoms with van der Waals surface area (Å²) >= 11 is 1.42. The van der Waals surface area contributed by atoms with E-state index in [2.05, 4.69) is 20.3 Å². The van der Waals surface area contributed by atoms with Crippen LogP contribution in [0, 0.1) is 6.92 Å². The lowest BCUT2D eigenvalue weighted by atomic mass is 10.2. The lowest BCUT2D eigenvalue weighted by Gasteiger charge is -2.35. The number of rotatable bonds is 5. The minimum absolute atomic E-state index is 0.0319. The maximum absolute atomic E-state index is 12.3. The van der Waals surface area contributed by atoms with E-state index in [-0.39, 0.29) is 18.1 Å². The number of aryl methyl sites for hydroxylation is 1. The summed E-state index contributed by atoms with van der Waals surface area (Å²) < 4.78 is 7.71. The number of hydrogen-bond acceptors (Lipinski definition) is 6. The Balaban J connectivity index is 1.55. The number of nitrogens with one attached hydrogen (secondary N) is 1. The van der Waals surface area contributed by atoms with Gasteiger partial charge in [0.1, 0.15) is 0 Å². The summed E-state index contributed by atoms with van der Waals surface area (Å²) in [6.45, 7) is 6.73. The summed E-state index contributed by atoms with van der Waals surface area (Å²) in [5.74, 6) is -0.0319. The smallest absolute Gasteiger partial charge is 0.243 e. The van der Waals surface area contributed by atoms with Crippen molar-refractivity contribution in [2.24, 2.45) is 0 Å². The topological polar surface area (TPSA) is 72.3 Å². The minimum atomic E-state index is -0.218. The van der Waals surface area contributed by atoms with E-state index in [0.29, 0.717) is 24.8 Å². The third-order valence-electron chi connectivity index (χ3n) is 3.91. The lowest BCUT2D eigenvalue weighted by Crippen LogP contribution is -2.51. The molecule has 3 heterocycles. The molecule has 0 aromatic carbocycles. The summed E-state index contributed by atoms with van der Waals surface area (Å²) in [6, 6.07) is -0.218. The van der Waals surface area contributed by atoms with Crippen LogP contribution in [0.5, 0.6) is 0 Å². The van der Waals surface area contributed by atoms with Gasteiger partial charge in [0.15, 0.2) is 5.13 Å². The van der Waals surface area contributed by atoms with Crippen molar-refractivity contribution in [3.63, 3.8) is 0 Å². The molecule has 0 radical (unpaired) electrons. The molecule has 124 valence electrons. The Hall–Kier alpha value is -1.77. The summed E-state index contributed by atoms with van der Waals surface area (Å²) in [7, 11) is 0. The van der Waals surface area contributed by atoms with Crippen LogP contribution in [0.4, 0.5) is 5.13 Å². The molecule has 1 aliphatic rings. The number of morpholine rings is 1. The van der Waals surface area contributed by atoms with Gasteiger partial charge in [0.2, 0.25) is 5.91 Å². The maximum Gasteiger partial charge on any atom is 0.243 e. The molecule has 3 rings (SSSR count). The first kappa shape index (κ1) is 16.1. The van der Waals surface area contributed by atoms with Crippen LogP contribution >= 0.6 is 11.3 Å². The van der Waals surface area contributed by atoms with Crippen molar-refractivity contribution >= 4 is 22.4 Å². The van der Waals surface area contributed by atoms with Gasteiger partial charge in [-0.2, -0.15) is 5.10 Å². The normalized spacial score (nSPS) is 20.3. The second-order valence-corrected chi connectivity index (χ2v) is 6.62. The quantitative estimate of drug-likeness (QED) is 0.894. The van der Waals surface area contributed by atoms with Crippen LogP contribution in [0.15, 0.2) is 24.0 Å². The monoisotopic (exact) mass is 335 g/mol. The average molecular weight is 335 g/mol. The maximum atomic E-state index is 12.3. The number of ether oxygens (including phenoxy) is 1. The van der Waals surface area contributed by atoms with Crippen molar-refractivity contribution in [1.82, 2.24) is 19.7 Å². The Morgan fingerprint density at radius 3 is 3.17 bits per heavy atom. The van der Waals surface area contributed by atoms with E-state index in [4.69, 9.17) is 4.74 Å². The average Bonchev–Trinajstić information content (AvgIpc) is 3.18. The van der Waals surface area contributed by atoms with Gasteiger partial charge in [-0.15, -0.1) is 11.3 Å². The second-order valence-electron chi connectivity index (χ2n) is 5.73. The Labute approximate surface area is 139 Å². The van der Waals surface area contributed by atoms with E-state index < -0.39 is 0 Å². The molecule has 0 unspecified atom stereocenters. The zero-order valence-electron chi connectivity index (χ0n) is 13.3. The van der Waals surface area contributed by atoms with Crippen molar-refractivity contribution in [2.45, 2.75) is 32.5 Å². The summed E-state index contributed by atoms with van der Waals surface area (Å²) in [5.41, 5.74) is 1.13. The number of nitrogens with zero attached hydrogens (tertiary/aromatic N) is 4. The molecule has 2 atom stereocenters. The summed E-state index contributed by atoms with van der Waals surface area (Å²) in [6.07, 6.45) is 5.56. The lowest BCUT2D eigenvalue weighted by molar-refractivity contribution is -0.124. The predicted octanol–water partition coefficient (Wildman–Crippen LogP) is 1.38. The number of amides is 1. The van der Waals surface area contributed by atoms with Gasteiger partial charge in [0.05, 0.1) is 31.5 Å². The molecule has 1 amide bonds. The van der Waals surface area contributed by atoms with Crippen molar-refractivity contribution in [3.8, 4) is 0 Å². The SMILES string of the molecule is Cc1cnn(C[C@@H]2CN([C@H](C)C(=O)Nc3nccs3)CCO2)c1. The van der Waals surface area contributed by atoms with Gasteiger partial charge in [-0.3, -0.25) is 14.4 Å². The van der Waals surface area contributed by atoms with Gasteiger partial charge in [0, 0.05) is 30.9 Å². The van der Waals surface area contributed by atoms with Crippen LogP contribution < -0.4 is 5.32 Å². The molecule has 1 saturated heterocycles. The molecule has 7 nitrogen and oxygen atoms in total. The molecule has 2 aromatic heterocycles. The highest BCUT2D eigenvalue weighted by Crippen LogP contribution is 2.15. The van der Waals surface area contributed by atoms with E-state index in [9.17, 15) is 4.79 Å². The summed E-state index contributed by atoms with van der Waals surface area (Å²) in [4.78, 5) is 18.6. The molecule has 1 aliphatic heterocycles. The van der Waals surface area contributed by atoms with Gasteiger partial charge in [-0.05, 0) is 19.4 Å². The molecule has 0 bridgehead atoms. The van der Waals surface area contributed by atoms with Crippen LogP contribution in [0.25, 0.3) is 0 Å². The zero-order chi connectivity index (χ0) is 16.2. The van der Waals surface area contributed by atoms with Crippen molar-refractivity contribution in [2.75, 3.05) is 25.0 Å². The third kappa shape index (κ3) is 4.15. The second kappa shape index (κ2) is 7.20. The van der Waals surface area contributed by atoms with Gasteiger partial charge in [-0.25, -0.2) is 4.98 Å². The largest absolute Gasteiger partial charge is 0.374 e. The molecular weight excluding hydrogens is 314 g/mol. The number of anilines is 1. The van der Waals surface area contributed by atoms with Crippen LogP contribution in [0.3, 0.4) is 0 Å². The molecule has 8 heteroatoms.